The summed E-state index contributed by atoms with van der Waals surface area (Å²) in [6.45, 7) is 2.36. The summed E-state index contributed by atoms with van der Waals surface area (Å²) in [5.41, 5.74) is 2.14. The standard InChI is InChI=1S/C19H23BrN4OS/c1-21-19(22-11-10-16-8-9-17(20)26-16)23-13-14-4-6-15(7-5-14)24-12-2-3-18(24)25/h4-9H,2-3,10-13H2,1H3,(H2,21,22,23). The van der Waals surface area contributed by atoms with Crippen LogP contribution in [0, 0.1) is 0 Å². The van der Waals surface area contributed by atoms with Crippen molar-refractivity contribution in [3.05, 3.63) is 50.6 Å². The van der Waals surface area contributed by atoms with E-state index in [9.17, 15) is 4.79 Å². The molecule has 1 aliphatic heterocycles. The summed E-state index contributed by atoms with van der Waals surface area (Å²) in [5.74, 6) is 1.01. The van der Waals surface area contributed by atoms with Gasteiger partial charge in [0, 0.05) is 43.7 Å². The van der Waals surface area contributed by atoms with E-state index in [2.05, 4.69) is 55.8 Å². The zero-order valence-corrected chi connectivity index (χ0v) is 17.2. The lowest BCUT2D eigenvalue weighted by Gasteiger charge is -2.16. The number of anilines is 1. The second kappa shape index (κ2) is 9.19. The average Bonchev–Trinajstić information content (AvgIpc) is 3.26. The first kappa shape index (κ1) is 18.9. The molecule has 0 saturated carbocycles. The van der Waals surface area contributed by atoms with Crippen LogP contribution in [-0.4, -0.2) is 32.0 Å². The lowest BCUT2D eigenvalue weighted by molar-refractivity contribution is -0.117. The van der Waals surface area contributed by atoms with E-state index in [1.807, 2.05) is 17.0 Å². The number of hydrogen-bond donors (Lipinski definition) is 2. The van der Waals surface area contributed by atoms with E-state index in [4.69, 9.17) is 0 Å². The van der Waals surface area contributed by atoms with Gasteiger partial charge in [0.2, 0.25) is 5.91 Å². The molecule has 3 rings (SSSR count). The Kier molecular flexibility index (Phi) is 6.68. The van der Waals surface area contributed by atoms with Gasteiger partial charge in [0.25, 0.3) is 0 Å². The van der Waals surface area contributed by atoms with Gasteiger partial charge in [0.1, 0.15) is 0 Å². The van der Waals surface area contributed by atoms with Gasteiger partial charge < -0.3 is 15.5 Å². The van der Waals surface area contributed by atoms with Crippen LogP contribution in [0.3, 0.4) is 0 Å². The topological polar surface area (TPSA) is 56.7 Å². The van der Waals surface area contributed by atoms with Crippen molar-refractivity contribution in [1.82, 2.24) is 10.6 Å². The first-order valence-corrected chi connectivity index (χ1v) is 10.3. The van der Waals surface area contributed by atoms with Crippen molar-refractivity contribution in [1.29, 1.82) is 0 Å². The molecule has 0 atom stereocenters. The molecule has 2 N–H and O–H groups in total. The van der Waals surface area contributed by atoms with Crippen molar-refractivity contribution in [3.63, 3.8) is 0 Å². The van der Waals surface area contributed by atoms with Gasteiger partial charge in [-0.2, -0.15) is 0 Å². The summed E-state index contributed by atoms with van der Waals surface area (Å²) < 4.78 is 1.16. The quantitative estimate of drug-likeness (QED) is 0.539. The molecule has 0 radical (unpaired) electrons. The summed E-state index contributed by atoms with van der Waals surface area (Å²) in [7, 11) is 1.78. The number of aliphatic imine (C=N–C) groups is 1. The fourth-order valence-corrected chi connectivity index (χ4v) is 4.39. The Hall–Kier alpha value is -1.86. The highest BCUT2D eigenvalue weighted by Gasteiger charge is 2.21. The maximum absolute atomic E-state index is 11.8. The SMILES string of the molecule is CN=C(NCCc1ccc(Br)s1)NCc1ccc(N2CCCC2=O)cc1. The third-order valence-corrected chi connectivity index (χ3v) is 5.98. The van der Waals surface area contributed by atoms with Crippen molar-refractivity contribution >= 4 is 44.8 Å². The van der Waals surface area contributed by atoms with Crippen LogP contribution < -0.4 is 15.5 Å². The van der Waals surface area contributed by atoms with Crippen LogP contribution in [0.15, 0.2) is 45.2 Å². The molecule has 0 bridgehead atoms. The minimum Gasteiger partial charge on any atom is -0.356 e. The van der Waals surface area contributed by atoms with Crippen molar-refractivity contribution < 1.29 is 4.79 Å². The number of rotatable bonds is 6. The lowest BCUT2D eigenvalue weighted by Crippen LogP contribution is -2.37. The highest BCUT2D eigenvalue weighted by Crippen LogP contribution is 2.22. The first-order chi connectivity index (χ1) is 12.7. The van der Waals surface area contributed by atoms with Gasteiger partial charge in [0.15, 0.2) is 5.96 Å². The molecule has 2 heterocycles. The molecular weight excluding hydrogens is 412 g/mol. The number of hydrogen-bond acceptors (Lipinski definition) is 3. The number of thiophene rings is 1. The minimum absolute atomic E-state index is 0.221. The predicted molar refractivity (Wildman–Crippen MR) is 112 cm³/mol. The van der Waals surface area contributed by atoms with Crippen molar-refractivity contribution in [2.24, 2.45) is 4.99 Å². The molecule has 0 aliphatic carbocycles. The van der Waals surface area contributed by atoms with Gasteiger partial charge in [-0.1, -0.05) is 12.1 Å². The second-order valence-electron chi connectivity index (χ2n) is 6.12. The fourth-order valence-electron chi connectivity index (χ4n) is 2.91. The maximum Gasteiger partial charge on any atom is 0.227 e. The molecule has 1 aromatic heterocycles. The van der Waals surface area contributed by atoms with Gasteiger partial charge >= 0.3 is 0 Å². The van der Waals surface area contributed by atoms with Gasteiger partial charge in [0.05, 0.1) is 3.79 Å². The molecule has 1 amide bonds. The number of halogens is 1. The normalized spacial score (nSPS) is 14.8. The number of nitrogens with zero attached hydrogens (tertiary/aromatic N) is 2. The molecule has 1 aromatic carbocycles. The minimum atomic E-state index is 0.221. The molecule has 1 saturated heterocycles. The van der Waals surface area contributed by atoms with Crippen LogP contribution >= 0.6 is 27.3 Å². The summed E-state index contributed by atoms with van der Waals surface area (Å²) >= 11 is 5.25. The molecule has 7 heteroatoms. The lowest BCUT2D eigenvalue weighted by atomic mass is 10.2. The Labute approximate surface area is 166 Å². The van der Waals surface area contributed by atoms with E-state index in [1.165, 1.54) is 4.88 Å². The Morgan fingerprint density at radius 3 is 2.65 bits per heavy atom. The molecule has 2 aromatic rings. The monoisotopic (exact) mass is 434 g/mol. The number of benzene rings is 1. The van der Waals surface area contributed by atoms with E-state index < -0.39 is 0 Å². The van der Waals surface area contributed by atoms with Crippen LogP contribution in [0.4, 0.5) is 5.69 Å². The van der Waals surface area contributed by atoms with Crippen LogP contribution in [0.1, 0.15) is 23.3 Å². The molecule has 1 fully saturated rings. The van der Waals surface area contributed by atoms with Gasteiger partial charge in [-0.25, -0.2) is 0 Å². The summed E-state index contributed by atoms with van der Waals surface area (Å²) in [5, 5.41) is 6.66. The number of nitrogens with one attached hydrogen (secondary N) is 2. The highest BCUT2D eigenvalue weighted by molar-refractivity contribution is 9.11. The largest absolute Gasteiger partial charge is 0.356 e. The molecule has 0 spiro atoms. The van der Waals surface area contributed by atoms with Gasteiger partial charge in [-0.05, 0) is 58.6 Å². The molecule has 5 nitrogen and oxygen atoms in total. The third-order valence-electron chi connectivity index (χ3n) is 4.30. The summed E-state index contributed by atoms with van der Waals surface area (Å²) in [4.78, 5) is 19.3. The van der Waals surface area contributed by atoms with Crippen molar-refractivity contribution in [3.8, 4) is 0 Å². The number of guanidine groups is 1. The molecule has 1 aliphatic rings. The number of amides is 1. The van der Waals surface area contributed by atoms with Gasteiger partial charge in [-0.15, -0.1) is 11.3 Å². The zero-order chi connectivity index (χ0) is 18.4. The Bertz CT molecular complexity index is 772. The van der Waals surface area contributed by atoms with Crippen LogP contribution in [0.2, 0.25) is 0 Å². The predicted octanol–water partition coefficient (Wildman–Crippen LogP) is 3.55. The van der Waals surface area contributed by atoms with E-state index in [-0.39, 0.29) is 5.91 Å². The second-order valence-corrected chi connectivity index (χ2v) is 8.67. The Morgan fingerprint density at radius 2 is 2.04 bits per heavy atom. The Balaban J connectivity index is 1.45. The first-order valence-electron chi connectivity index (χ1n) is 8.74. The Morgan fingerprint density at radius 1 is 1.23 bits per heavy atom. The highest BCUT2D eigenvalue weighted by atomic mass is 79.9. The van der Waals surface area contributed by atoms with E-state index >= 15 is 0 Å². The molecule has 138 valence electrons. The van der Waals surface area contributed by atoms with Crippen molar-refractivity contribution in [2.75, 3.05) is 25.0 Å². The zero-order valence-electron chi connectivity index (χ0n) is 14.8. The van der Waals surface area contributed by atoms with Crippen LogP contribution in [-0.2, 0) is 17.8 Å². The molecule has 0 unspecified atom stereocenters. The van der Waals surface area contributed by atoms with E-state index in [0.29, 0.717) is 13.0 Å². The maximum atomic E-state index is 11.8. The molecule has 26 heavy (non-hydrogen) atoms. The summed E-state index contributed by atoms with van der Waals surface area (Å²) in [6.07, 6.45) is 2.58. The van der Waals surface area contributed by atoms with Gasteiger partial charge in [-0.3, -0.25) is 9.79 Å². The smallest absolute Gasteiger partial charge is 0.227 e. The fraction of sp³-hybridized carbons (Fsp3) is 0.368. The van der Waals surface area contributed by atoms with E-state index in [0.717, 1.165) is 46.9 Å². The number of carbonyl (C=O) groups excluding carboxylic acids is 1. The van der Waals surface area contributed by atoms with E-state index in [1.54, 1.807) is 18.4 Å². The average molecular weight is 435 g/mol. The van der Waals surface area contributed by atoms with Crippen LogP contribution in [0.5, 0.6) is 0 Å². The van der Waals surface area contributed by atoms with Crippen LogP contribution in [0.25, 0.3) is 0 Å². The summed E-state index contributed by atoms with van der Waals surface area (Å²) in [6, 6.07) is 12.4. The van der Waals surface area contributed by atoms with Crippen molar-refractivity contribution in [2.45, 2.75) is 25.8 Å². The third kappa shape index (κ3) is 5.08. The number of carbonyl (C=O) groups is 1. The molecular formula is C19H23BrN4OS.